The molecule has 0 aliphatic carbocycles. The Hall–Kier alpha value is -0.370. The molecule has 0 spiro atoms. The van der Waals surface area contributed by atoms with Gasteiger partial charge in [0.15, 0.2) is 0 Å². The predicted molar refractivity (Wildman–Crippen MR) is 54.8 cm³/mol. The molecule has 0 amide bonds. The quantitative estimate of drug-likeness (QED) is 0.668. The monoisotopic (exact) mass is 183 g/mol. The highest BCUT2D eigenvalue weighted by Crippen LogP contribution is 2.14. The average molecular weight is 183 g/mol. The number of hydrogen-bond acceptors (Lipinski definition) is 2. The van der Waals surface area contributed by atoms with E-state index in [0.29, 0.717) is 11.8 Å². The number of likely N-dealkylation sites (tertiary alicyclic amines) is 1. The van der Waals surface area contributed by atoms with Gasteiger partial charge in [0.1, 0.15) is 5.78 Å². The molecule has 0 aromatic rings. The van der Waals surface area contributed by atoms with Crippen LogP contribution in [0.15, 0.2) is 0 Å². The Labute approximate surface area is 81.3 Å². The van der Waals surface area contributed by atoms with Crippen molar-refractivity contribution >= 4 is 5.78 Å². The van der Waals surface area contributed by atoms with Gasteiger partial charge in [-0.3, -0.25) is 4.79 Å². The maximum Gasteiger partial charge on any atom is 0.131 e. The van der Waals surface area contributed by atoms with Crippen molar-refractivity contribution in [2.45, 2.75) is 52.0 Å². The third-order valence-corrected chi connectivity index (χ3v) is 2.85. The van der Waals surface area contributed by atoms with Crippen molar-refractivity contribution in [3.05, 3.63) is 0 Å². The van der Waals surface area contributed by atoms with Crippen molar-refractivity contribution in [1.82, 2.24) is 4.90 Å². The van der Waals surface area contributed by atoms with Crippen LogP contribution in [-0.4, -0.2) is 29.8 Å². The number of nitrogens with zero attached hydrogens (tertiary/aromatic N) is 1. The van der Waals surface area contributed by atoms with Crippen molar-refractivity contribution in [2.75, 3.05) is 13.1 Å². The normalized spacial score (nSPS) is 22.3. The summed E-state index contributed by atoms with van der Waals surface area (Å²) in [4.78, 5) is 13.4. The number of rotatable bonds is 3. The maximum absolute atomic E-state index is 11.0. The second kappa shape index (κ2) is 5.38. The zero-order chi connectivity index (χ0) is 9.68. The van der Waals surface area contributed by atoms with Crippen LogP contribution in [0.2, 0.25) is 0 Å². The first-order chi connectivity index (χ1) is 6.20. The smallest absolute Gasteiger partial charge is 0.131 e. The molecular weight excluding hydrogens is 162 g/mol. The summed E-state index contributed by atoms with van der Waals surface area (Å²) in [6.07, 6.45) is 6.07. The Kier molecular flexibility index (Phi) is 4.43. The first-order valence-corrected chi connectivity index (χ1v) is 5.43. The molecule has 1 heterocycles. The fraction of sp³-hybridized carbons (Fsp3) is 0.909. The Morgan fingerprint density at radius 1 is 1.23 bits per heavy atom. The van der Waals surface area contributed by atoms with Gasteiger partial charge in [0.2, 0.25) is 0 Å². The highest BCUT2D eigenvalue weighted by molar-refractivity contribution is 5.76. The number of hydrogen-bond donors (Lipinski definition) is 0. The van der Waals surface area contributed by atoms with Crippen LogP contribution >= 0.6 is 0 Å². The van der Waals surface area contributed by atoms with Gasteiger partial charge in [-0.25, -0.2) is 0 Å². The third-order valence-electron chi connectivity index (χ3n) is 2.85. The van der Waals surface area contributed by atoms with Crippen molar-refractivity contribution in [3.63, 3.8) is 0 Å². The largest absolute Gasteiger partial charge is 0.300 e. The molecule has 1 atom stereocenters. The molecule has 0 aromatic carbocycles. The van der Waals surface area contributed by atoms with E-state index in [0.717, 1.165) is 6.42 Å². The molecular formula is C11H21NO. The highest BCUT2D eigenvalue weighted by Gasteiger charge is 2.16. The lowest BCUT2D eigenvalue weighted by atomic mass is 10.1. The van der Waals surface area contributed by atoms with Crippen molar-refractivity contribution in [1.29, 1.82) is 0 Å². The van der Waals surface area contributed by atoms with Gasteiger partial charge in [0.25, 0.3) is 0 Å². The summed E-state index contributed by atoms with van der Waals surface area (Å²) in [7, 11) is 0. The molecule has 1 unspecified atom stereocenters. The fourth-order valence-corrected chi connectivity index (χ4v) is 2.08. The Bertz CT molecular complexity index is 159. The fourth-order valence-electron chi connectivity index (χ4n) is 2.08. The van der Waals surface area contributed by atoms with Gasteiger partial charge in [0, 0.05) is 12.5 Å². The van der Waals surface area contributed by atoms with Crippen molar-refractivity contribution < 1.29 is 4.79 Å². The zero-order valence-corrected chi connectivity index (χ0v) is 8.88. The lowest BCUT2D eigenvalue weighted by Crippen LogP contribution is -2.35. The van der Waals surface area contributed by atoms with Gasteiger partial charge < -0.3 is 4.90 Å². The molecule has 0 bridgehead atoms. The molecule has 1 aliphatic heterocycles. The molecule has 76 valence electrons. The van der Waals surface area contributed by atoms with Crippen LogP contribution in [0.4, 0.5) is 0 Å². The summed E-state index contributed by atoms with van der Waals surface area (Å²) in [5, 5.41) is 0. The topological polar surface area (TPSA) is 20.3 Å². The first kappa shape index (κ1) is 10.7. The minimum absolute atomic E-state index is 0.316. The SMILES string of the molecule is CC(=O)CC(C)N1CCCCCC1. The second-order valence-corrected chi connectivity index (χ2v) is 4.21. The molecule has 1 fully saturated rings. The molecule has 0 radical (unpaired) electrons. The first-order valence-electron chi connectivity index (χ1n) is 5.43. The van der Waals surface area contributed by atoms with E-state index in [1.54, 1.807) is 6.92 Å². The Balaban J connectivity index is 2.34. The van der Waals surface area contributed by atoms with Gasteiger partial charge in [-0.2, -0.15) is 0 Å². The van der Waals surface area contributed by atoms with E-state index in [9.17, 15) is 4.79 Å². The van der Waals surface area contributed by atoms with Crippen LogP contribution in [-0.2, 0) is 4.79 Å². The lowest BCUT2D eigenvalue weighted by molar-refractivity contribution is -0.118. The molecule has 13 heavy (non-hydrogen) atoms. The molecule has 2 nitrogen and oxygen atoms in total. The van der Waals surface area contributed by atoms with Crippen LogP contribution in [0.25, 0.3) is 0 Å². The summed E-state index contributed by atoms with van der Waals surface area (Å²) < 4.78 is 0. The third kappa shape index (κ3) is 3.90. The lowest BCUT2D eigenvalue weighted by Gasteiger charge is -2.26. The number of carbonyl (C=O) groups is 1. The van der Waals surface area contributed by atoms with Crippen molar-refractivity contribution in [3.8, 4) is 0 Å². The van der Waals surface area contributed by atoms with E-state index < -0.39 is 0 Å². The second-order valence-electron chi connectivity index (χ2n) is 4.21. The Morgan fingerprint density at radius 2 is 1.77 bits per heavy atom. The highest BCUT2D eigenvalue weighted by atomic mass is 16.1. The van der Waals surface area contributed by atoms with Crippen LogP contribution in [0, 0.1) is 0 Å². The minimum atomic E-state index is 0.316. The number of ketones is 1. The molecule has 0 N–H and O–H groups in total. The Morgan fingerprint density at radius 3 is 2.23 bits per heavy atom. The molecule has 1 aliphatic rings. The summed E-state index contributed by atoms with van der Waals surface area (Å²) in [6, 6.07) is 0.454. The average Bonchev–Trinajstić information content (AvgIpc) is 2.29. The van der Waals surface area contributed by atoms with Crippen molar-refractivity contribution in [2.24, 2.45) is 0 Å². The van der Waals surface area contributed by atoms with Crippen LogP contribution in [0.5, 0.6) is 0 Å². The maximum atomic E-state index is 11.0. The standard InChI is InChI=1S/C11H21NO/c1-10(9-11(2)13)12-7-5-3-4-6-8-12/h10H,3-9H2,1-2H3. The van der Waals surface area contributed by atoms with Gasteiger partial charge >= 0.3 is 0 Å². The van der Waals surface area contributed by atoms with E-state index in [4.69, 9.17) is 0 Å². The molecule has 1 saturated heterocycles. The van der Waals surface area contributed by atoms with E-state index in [2.05, 4.69) is 11.8 Å². The van der Waals surface area contributed by atoms with Crippen LogP contribution < -0.4 is 0 Å². The van der Waals surface area contributed by atoms with Gasteiger partial charge in [0.05, 0.1) is 0 Å². The summed E-state index contributed by atoms with van der Waals surface area (Å²) >= 11 is 0. The summed E-state index contributed by atoms with van der Waals surface area (Å²) in [6.45, 7) is 6.24. The molecule has 0 saturated carbocycles. The van der Waals surface area contributed by atoms with Gasteiger partial charge in [-0.05, 0) is 39.8 Å². The van der Waals surface area contributed by atoms with Crippen LogP contribution in [0.3, 0.4) is 0 Å². The number of Topliss-reactive ketones (excluding diaryl/α,β-unsaturated/α-hetero) is 1. The predicted octanol–water partition coefficient (Wildman–Crippen LogP) is 2.23. The van der Waals surface area contributed by atoms with Gasteiger partial charge in [-0.1, -0.05) is 12.8 Å². The van der Waals surface area contributed by atoms with E-state index in [1.165, 1.54) is 38.8 Å². The van der Waals surface area contributed by atoms with E-state index in [-0.39, 0.29) is 0 Å². The molecule has 2 heteroatoms. The molecule has 0 aromatic heterocycles. The zero-order valence-electron chi connectivity index (χ0n) is 8.88. The van der Waals surface area contributed by atoms with Crippen LogP contribution in [0.1, 0.15) is 46.0 Å². The van der Waals surface area contributed by atoms with E-state index >= 15 is 0 Å². The molecule has 1 rings (SSSR count). The summed E-state index contributed by atoms with van der Waals surface area (Å²) in [5.41, 5.74) is 0. The number of carbonyl (C=O) groups excluding carboxylic acids is 1. The minimum Gasteiger partial charge on any atom is -0.300 e. The summed E-state index contributed by atoms with van der Waals surface area (Å²) in [5.74, 6) is 0.316. The van der Waals surface area contributed by atoms with Gasteiger partial charge in [-0.15, -0.1) is 0 Å². The van der Waals surface area contributed by atoms with E-state index in [1.807, 2.05) is 0 Å².